The smallest absolute Gasteiger partial charge is 0.138 e. The van der Waals surface area contributed by atoms with Crippen molar-refractivity contribution in [1.82, 2.24) is 19.5 Å². The van der Waals surface area contributed by atoms with E-state index in [2.05, 4.69) is 144 Å². The van der Waals surface area contributed by atoms with Crippen LogP contribution in [0.4, 0.5) is 0 Å². The highest BCUT2D eigenvalue weighted by molar-refractivity contribution is 6.08. The van der Waals surface area contributed by atoms with Crippen LogP contribution in [0.3, 0.4) is 0 Å². The molecule has 0 fully saturated rings. The second kappa shape index (κ2) is 11.9. The van der Waals surface area contributed by atoms with Crippen LogP contribution in [0.25, 0.3) is 61.9 Å². The first-order chi connectivity index (χ1) is 22.7. The molecule has 3 aromatic carbocycles. The number of hydrogen-bond acceptors (Lipinski definition) is 3. The van der Waals surface area contributed by atoms with E-state index in [0.29, 0.717) is 11.8 Å². The third-order valence-corrected chi connectivity index (χ3v) is 8.86. The SMILES string of the molecule is CC1C=CC=CC1/C(=C/c1ccc(-c2cccc(-c3cccc(-n4c5ccccc5c5ccncc54)n3)n2)cc1)c1ccccc1. The Balaban J connectivity index is 1.12. The lowest BCUT2D eigenvalue weighted by molar-refractivity contribution is 0.622. The molecule has 1 aliphatic rings. The molecule has 7 aromatic rings. The number of para-hydroxylation sites is 1. The number of benzene rings is 3. The van der Waals surface area contributed by atoms with Crippen LogP contribution >= 0.6 is 0 Å². The van der Waals surface area contributed by atoms with Gasteiger partial charge in [-0.25, -0.2) is 9.97 Å². The Morgan fingerprint density at radius 3 is 2.20 bits per heavy atom. The molecule has 220 valence electrons. The molecule has 4 nitrogen and oxygen atoms in total. The zero-order chi connectivity index (χ0) is 30.9. The highest BCUT2D eigenvalue weighted by Crippen LogP contribution is 2.35. The minimum atomic E-state index is 0.326. The largest absolute Gasteiger partial charge is 0.292 e. The lowest BCUT2D eigenvalue weighted by Crippen LogP contribution is -2.11. The van der Waals surface area contributed by atoms with Gasteiger partial charge in [0.1, 0.15) is 5.82 Å². The summed E-state index contributed by atoms with van der Waals surface area (Å²) in [5.74, 6) is 1.60. The molecule has 2 unspecified atom stereocenters. The number of pyridine rings is 3. The monoisotopic (exact) mass is 592 g/mol. The zero-order valence-electron chi connectivity index (χ0n) is 25.5. The van der Waals surface area contributed by atoms with Crippen molar-refractivity contribution in [2.75, 3.05) is 0 Å². The van der Waals surface area contributed by atoms with Crippen molar-refractivity contribution in [2.24, 2.45) is 11.8 Å². The average molecular weight is 593 g/mol. The normalized spacial score (nSPS) is 16.3. The first kappa shape index (κ1) is 27.7. The van der Waals surface area contributed by atoms with E-state index in [1.54, 1.807) is 0 Å². The summed E-state index contributed by atoms with van der Waals surface area (Å²) in [7, 11) is 0. The molecular formula is C42H32N4. The predicted octanol–water partition coefficient (Wildman–Crippen LogP) is 10.2. The first-order valence-corrected chi connectivity index (χ1v) is 15.7. The summed E-state index contributed by atoms with van der Waals surface area (Å²) < 4.78 is 2.18. The Hall–Kier alpha value is -5.87. The Morgan fingerprint density at radius 2 is 1.35 bits per heavy atom. The highest BCUT2D eigenvalue weighted by atomic mass is 15.1. The number of hydrogen-bond donors (Lipinski definition) is 0. The van der Waals surface area contributed by atoms with Crippen molar-refractivity contribution in [1.29, 1.82) is 0 Å². The summed E-state index contributed by atoms with van der Waals surface area (Å²) in [6.07, 6.45) is 15.0. The number of rotatable bonds is 6. The minimum Gasteiger partial charge on any atom is -0.292 e. The molecule has 0 radical (unpaired) electrons. The highest BCUT2D eigenvalue weighted by Gasteiger charge is 2.20. The topological polar surface area (TPSA) is 43.6 Å². The fraction of sp³-hybridized carbons (Fsp3) is 0.0714. The number of allylic oxidation sites excluding steroid dienone is 5. The van der Waals surface area contributed by atoms with E-state index in [4.69, 9.17) is 9.97 Å². The van der Waals surface area contributed by atoms with Crippen LogP contribution in [0, 0.1) is 11.8 Å². The molecular weight excluding hydrogens is 560 g/mol. The Labute approximate surface area is 268 Å². The molecule has 0 amide bonds. The van der Waals surface area contributed by atoms with Crippen LogP contribution in [0.5, 0.6) is 0 Å². The van der Waals surface area contributed by atoms with E-state index in [9.17, 15) is 0 Å². The van der Waals surface area contributed by atoms with Gasteiger partial charge in [0.2, 0.25) is 0 Å². The molecule has 4 heterocycles. The summed E-state index contributed by atoms with van der Waals surface area (Å²) in [6.45, 7) is 2.29. The molecule has 8 rings (SSSR count). The maximum atomic E-state index is 5.10. The molecule has 0 N–H and O–H groups in total. The van der Waals surface area contributed by atoms with Crippen LogP contribution in [-0.4, -0.2) is 19.5 Å². The van der Waals surface area contributed by atoms with Crippen LogP contribution < -0.4 is 0 Å². The molecule has 1 aliphatic carbocycles. The number of aromatic nitrogens is 4. The van der Waals surface area contributed by atoms with Gasteiger partial charge in [-0.1, -0.05) is 122 Å². The second-order valence-corrected chi connectivity index (χ2v) is 11.8. The van der Waals surface area contributed by atoms with Gasteiger partial charge in [-0.3, -0.25) is 9.55 Å². The van der Waals surface area contributed by atoms with Gasteiger partial charge in [-0.2, -0.15) is 0 Å². The van der Waals surface area contributed by atoms with Gasteiger partial charge in [-0.15, -0.1) is 0 Å². The van der Waals surface area contributed by atoms with E-state index in [1.165, 1.54) is 22.1 Å². The molecule has 4 aromatic heterocycles. The quantitative estimate of drug-likeness (QED) is 0.181. The molecule has 0 saturated carbocycles. The van der Waals surface area contributed by atoms with E-state index in [0.717, 1.165) is 44.9 Å². The van der Waals surface area contributed by atoms with Gasteiger partial charge in [0.05, 0.1) is 34.3 Å². The number of nitrogens with zero attached hydrogens (tertiary/aromatic N) is 4. The molecule has 0 bridgehead atoms. The first-order valence-electron chi connectivity index (χ1n) is 15.7. The van der Waals surface area contributed by atoms with Crippen LogP contribution in [0.15, 0.2) is 158 Å². The molecule has 0 saturated heterocycles. The van der Waals surface area contributed by atoms with Crippen LogP contribution in [-0.2, 0) is 0 Å². The molecule has 2 atom stereocenters. The average Bonchev–Trinajstić information content (AvgIpc) is 3.46. The second-order valence-electron chi connectivity index (χ2n) is 11.8. The van der Waals surface area contributed by atoms with Crippen molar-refractivity contribution in [3.8, 4) is 28.5 Å². The Kier molecular flexibility index (Phi) is 7.16. The standard InChI is InChI=1S/C42H32N4/c1-29-11-5-6-14-33(29)36(31-12-3-2-4-13-31)27-30-21-23-32(24-22-30)37-16-9-17-38(44-37)39-18-10-20-42(45-39)46-40-19-8-7-15-34(40)35-25-26-43-28-41(35)46/h2-29,33H,1H3/b36-27+. The molecule has 0 spiro atoms. The maximum Gasteiger partial charge on any atom is 0.138 e. The zero-order valence-corrected chi connectivity index (χ0v) is 25.5. The molecule has 46 heavy (non-hydrogen) atoms. The molecule has 0 aliphatic heterocycles. The Bertz CT molecular complexity index is 2220. The van der Waals surface area contributed by atoms with E-state index in [1.807, 2.05) is 36.7 Å². The van der Waals surface area contributed by atoms with Crippen molar-refractivity contribution >= 4 is 33.5 Å². The van der Waals surface area contributed by atoms with E-state index in [-0.39, 0.29) is 0 Å². The summed E-state index contributed by atoms with van der Waals surface area (Å²) in [6, 6.07) is 42.2. The van der Waals surface area contributed by atoms with E-state index < -0.39 is 0 Å². The van der Waals surface area contributed by atoms with Gasteiger partial charge in [0.15, 0.2) is 0 Å². The summed E-state index contributed by atoms with van der Waals surface area (Å²) >= 11 is 0. The van der Waals surface area contributed by atoms with E-state index >= 15 is 0 Å². The lowest BCUT2D eigenvalue weighted by atomic mass is 9.80. The number of fused-ring (bicyclic) bond motifs is 3. The van der Waals surface area contributed by atoms with Crippen molar-refractivity contribution in [3.05, 3.63) is 169 Å². The predicted molar refractivity (Wildman–Crippen MR) is 190 cm³/mol. The van der Waals surface area contributed by atoms with Crippen LogP contribution in [0.2, 0.25) is 0 Å². The van der Waals surface area contributed by atoms with Gasteiger partial charge < -0.3 is 0 Å². The fourth-order valence-electron chi connectivity index (χ4n) is 6.53. The van der Waals surface area contributed by atoms with Crippen molar-refractivity contribution in [2.45, 2.75) is 6.92 Å². The Morgan fingerprint density at radius 1 is 0.630 bits per heavy atom. The lowest BCUT2D eigenvalue weighted by Gasteiger charge is -2.24. The maximum absolute atomic E-state index is 5.10. The van der Waals surface area contributed by atoms with Gasteiger partial charge in [-0.05, 0) is 59.0 Å². The summed E-state index contributed by atoms with van der Waals surface area (Å²) in [5.41, 5.74) is 9.53. The van der Waals surface area contributed by atoms with Gasteiger partial charge >= 0.3 is 0 Å². The van der Waals surface area contributed by atoms with Crippen molar-refractivity contribution in [3.63, 3.8) is 0 Å². The third kappa shape index (κ3) is 5.14. The fourth-order valence-corrected chi connectivity index (χ4v) is 6.53. The summed E-state index contributed by atoms with van der Waals surface area (Å²) in [4.78, 5) is 14.6. The third-order valence-electron chi connectivity index (χ3n) is 8.86. The minimum absolute atomic E-state index is 0.326. The summed E-state index contributed by atoms with van der Waals surface area (Å²) in [5, 5.41) is 2.34. The van der Waals surface area contributed by atoms with Gasteiger partial charge in [0.25, 0.3) is 0 Å². The van der Waals surface area contributed by atoms with Gasteiger partial charge in [0, 0.05) is 28.5 Å². The van der Waals surface area contributed by atoms with Crippen molar-refractivity contribution < 1.29 is 0 Å². The van der Waals surface area contributed by atoms with Crippen LogP contribution in [0.1, 0.15) is 18.1 Å². The molecule has 4 heteroatoms.